The molecule has 0 aliphatic heterocycles. The minimum Gasteiger partial charge on any atom is -0.465 e. The molecule has 32 heavy (non-hydrogen) atoms. The number of rotatable bonds is 8. The van der Waals surface area contributed by atoms with Crippen molar-refractivity contribution in [2.24, 2.45) is 0 Å². The molecule has 0 saturated heterocycles. The summed E-state index contributed by atoms with van der Waals surface area (Å²) in [6.45, 7) is 3.71. The molecule has 0 aliphatic carbocycles. The van der Waals surface area contributed by atoms with Crippen LogP contribution in [0.15, 0.2) is 78.9 Å². The number of amides is 1. The normalized spacial score (nSPS) is 11.3. The lowest BCUT2D eigenvalue weighted by Gasteiger charge is -2.26. The molecule has 0 heterocycles. The SMILES string of the molecule is COC(=O)c1ccc(C(=O)NC(C)(C)CCO)cc1P(c1ccccc1)c1ccccc1. The zero-order chi connectivity index (χ0) is 23.1. The van der Waals surface area contributed by atoms with E-state index in [4.69, 9.17) is 4.74 Å². The van der Waals surface area contributed by atoms with Crippen molar-refractivity contribution in [3.05, 3.63) is 90.0 Å². The lowest BCUT2D eigenvalue weighted by atomic mass is 10.0. The molecule has 166 valence electrons. The van der Waals surface area contributed by atoms with Gasteiger partial charge in [-0.05, 0) is 57.0 Å². The molecule has 0 aromatic heterocycles. The molecule has 0 spiro atoms. The largest absolute Gasteiger partial charge is 0.465 e. The van der Waals surface area contributed by atoms with Crippen molar-refractivity contribution >= 4 is 35.7 Å². The molecule has 0 bridgehead atoms. The molecule has 1 amide bonds. The van der Waals surface area contributed by atoms with E-state index < -0.39 is 19.4 Å². The molecule has 5 nitrogen and oxygen atoms in total. The van der Waals surface area contributed by atoms with E-state index in [1.165, 1.54) is 7.11 Å². The van der Waals surface area contributed by atoms with E-state index in [-0.39, 0.29) is 12.5 Å². The van der Waals surface area contributed by atoms with E-state index in [9.17, 15) is 14.7 Å². The van der Waals surface area contributed by atoms with E-state index >= 15 is 0 Å². The molecular formula is C26H28NO4P. The van der Waals surface area contributed by atoms with Crippen LogP contribution in [0.3, 0.4) is 0 Å². The van der Waals surface area contributed by atoms with Gasteiger partial charge in [0, 0.05) is 23.0 Å². The van der Waals surface area contributed by atoms with Gasteiger partial charge in [0.2, 0.25) is 0 Å². The molecule has 0 radical (unpaired) electrons. The number of carbonyl (C=O) groups is 2. The van der Waals surface area contributed by atoms with Crippen LogP contribution in [0.25, 0.3) is 0 Å². The van der Waals surface area contributed by atoms with Crippen molar-refractivity contribution in [2.45, 2.75) is 25.8 Å². The zero-order valence-corrected chi connectivity index (χ0v) is 19.4. The van der Waals surface area contributed by atoms with Gasteiger partial charge < -0.3 is 15.2 Å². The summed E-state index contributed by atoms with van der Waals surface area (Å²) in [6, 6.07) is 25.0. The molecule has 3 rings (SSSR count). The number of methoxy groups -OCH3 is 1. The maximum atomic E-state index is 13.0. The third-order valence-electron chi connectivity index (χ3n) is 5.12. The average Bonchev–Trinajstić information content (AvgIpc) is 2.79. The summed E-state index contributed by atoms with van der Waals surface area (Å²) in [5, 5.41) is 15.1. The van der Waals surface area contributed by atoms with Crippen molar-refractivity contribution < 1.29 is 19.4 Å². The lowest BCUT2D eigenvalue weighted by molar-refractivity contribution is 0.0601. The third kappa shape index (κ3) is 5.61. The Morgan fingerprint density at radius 1 is 0.938 bits per heavy atom. The standard InChI is InChI=1S/C26H28NO4P/c1-26(2,16-17-28)27-24(29)19-14-15-22(25(30)31-3)23(18-19)32(20-10-6-4-7-11-20)21-12-8-5-9-13-21/h4-15,18,28H,16-17H2,1-3H3,(H,27,29). The molecule has 3 aromatic carbocycles. The number of aliphatic hydroxyl groups is 1. The molecule has 3 aromatic rings. The number of carbonyl (C=O) groups excluding carboxylic acids is 2. The van der Waals surface area contributed by atoms with Gasteiger partial charge in [0.25, 0.3) is 5.91 Å². The van der Waals surface area contributed by atoms with E-state index in [0.29, 0.717) is 17.5 Å². The second-order valence-corrected chi connectivity index (χ2v) is 10.2. The average molecular weight is 449 g/mol. The highest BCUT2D eigenvalue weighted by Gasteiger charge is 2.26. The Kier molecular flexibility index (Phi) is 7.79. The molecule has 2 N–H and O–H groups in total. The van der Waals surface area contributed by atoms with Gasteiger partial charge in [-0.15, -0.1) is 0 Å². The number of hydrogen-bond acceptors (Lipinski definition) is 4. The Bertz CT molecular complexity index is 1030. The van der Waals surface area contributed by atoms with Crippen LogP contribution in [-0.4, -0.2) is 36.2 Å². The van der Waals surface area contributed by atoms with E-state index in [1.54, 1.807) is 18.2 Å². The van der Waals surface area contributed by atoms with Gasteiger partial charge in [0.1, 0.15) is 0 Å². The van der Waals surface area contributed by atoms with Crippen LogP contribution >= 0.6 is 7.92 Å². The fourth-order valence-electron chi connectivity index (χ4n) is 3.44. The Morgan fingerprint density at radius 2 is 1.50 bits per heavy atom. The summed E-state index contributed by atoms with van der Waals surface area (Å²) >= 11 is 0. The monoisotopic (exact) mass is 449 g/mol. The number of esters is 1. The number of aliphatic hydroxyl groups excluding tert-OH is 1. The maximum Gasteiger partial charge on any atom is 0.338 e. The summed E-state index contributed by atoms with van der Waals surface area (Å²) in [6.07, 6.45) is 0.437. The zero-order valence-electron chi connectivity index (χ0n) is 18.5. The topological polar surface area (TPSA) is 75.6 Å². The predicted molar refractivity (Wildman–Crippen MR) is 130 cm³/mol. The molecular weight excluding hydrogens is 421 g/mol. The van der Waals surface area contributed by atoms with Crippen LogP contribution in [0.5, 0.6) is 0 Å². The van der Waals surface area contributed by atoms with Crippen LogP contribution in [0.4, 0.5) is 0 Å². The first-order chi connectivity index (χ1) is 15.4. The van der Waals surface area contributed by atoms with E-state index in [2.05, 4.69) is 5.32 Å². The number of nitrogens with one attached hydrogen (secondary N) is 1. The summed E-state index contributed by atoms with van der Waals surface area (Å²) < 4.78 is 5.05. The fraction of sp³-hybridized carbons (Fsp3) is 0.231. The van der Waals surface area contributed by atoms with Gasteiger partial charge in [-0.1, -0.05) is 60.7 Å². The molecule has 0 fully saturated rings. The van der Waals surface area contributed by atoms with Crippen LogP contribution in [0.1, 0.15) is 41.0 Å². The quantitative estimate of drug-likeness (QED) is 0.409. The minimum absolute atomic E-state index is 0.0207. The highest BCUT2D eigenvalue weighted by molar-refractivity contribution is 7.80. The number of ether oxygens (including phenoxy) is 1. The number of benzene rings is 3. The van der Waals surface area contributed by atoms with Crippen molar-refractivity contribution in [1.29, 1.82) is 0 Å². The first kappa shape index (κ1) is 23.6. The van der Waals surface area contributed by atoms with Crippen molar-refractivity contribution in [3.8, 4) is 0 Å². The molecule has 6 heteroatoms. The molecule has 0 atom stereocenters. The second-order valence-electron chi connectivity index (χ2n) is 8.04. The smallest absolute Gasteiger partial charge is 0.338 e. The van der Waals surface area contributed by atoms with Gasteiger partial charge >= 0.3 is 5.97 Å². The molecule has 0 unspecified atom stereocenters. The van der Waals surface area contributed by atoms with Crippen molar-refractivity contribution in [2.75, 3.05) is 13.7 Å². The van der Waals surface area contributed by atoms with Gasteiger partial charge in [0.05, 0.1) is 12.7 Å². The first-order valence-electron chi connectivity index (χ1n) is 10.4. The second kappa shape index (κ2) is 10.5. The Labute approximate surface area is 190 Å². The molecule has 0 aliphatic rings. The third-order valence-corrected chi connectivity index (χ3v) is 7.60. The number of hydrogen-bond donors (Lipinski definition) is 2. The van der Waals surface area contributed by atoms with Gasteiger partial charge in [-0.3, -0.25) is 4.79 Å². The molecule has 0 saturated carbocycles. The maximum absolute atomic E-state index is 13.0. The Morgan fingerprint density at radius 3 is 2.00 bits per heavy atom. The van der Waals surface area contributed by atoms with E-state index in [0.717, 1.165) is 15.9 Å². The predicted octanol–water partition coefficient (Wildman–Crippen LogP) is 3.12. The summed E-state index contributed by atoms with van der Waals surface area (Å²) in [5.41, 5.74) is 0.340. The van der Waals surface area contributed by atoms with Crippen molar-refractivity contribution in [3.63, 3.8) is 0 Å². The first-order valence-corrected chi connectivity index (χ1v) is 11.8. The summed E-state index contributed by atoms with van der Waals surface area (Å²) in [5.74, 6) is -0.691. The highest BCUT2D eigenvalue weighted by atomic mass is 31.1. The van der Waals surface area contributed by atoms with Crippen LogP contribution < -0.4 is 21.2 Å². The summed E-state index contributed by atoms with van der Waals surface area (Å²) in [7, 11) is 0.252. The summed E-state index contributed by atoms with van der Waals surface area (Å²) in [4.78, 5) is 25.7. The lowest BCUT2D eigenvalue weighted by Crippen LogP contribution is -2.44. The van der Waals surface area contributed by atoms with Crippen LogP contribution in [0.2, 0.25) is 0 Å². The minimum atomic E-state index is -1.11. The van der Waals surface area contributed by atoms with Crippen LogP contribution in [0, 0.1) is 0 Å². The Balaban J connectivity index is 2.15. The van der Waals surface area contributed by atoms with Gasteiger partial charge in [0.15, 0.2) is 0 Å². The van der Waals surface area contributed by atoms with Crippen molar-refractivity contribution in [1.82, 2.24) is 5.32 Å². The van der Waals surface area contributed by atoms with E-state index in [1.807, 2.05) is 74.5 Å². The van der Waals surface area contributed by atoms with Gasteiger partial charge in [-0.25, -0.2) is 4.79 Å². The fourth-order valence-corrected chi connectivity index (χ4v) is 5.91. The highest BCUT2D eigenvalue weighted by Crippen LogP contribution is 2.34. The van der Waals surface area contributed by atoms with Gasteiger partial charge in [-0.2, -0.15) is 0 Å². The van der Waals surface area contributed by atoms with Crippen LogP contribution in [-0.2, 0) is 4.74 Å². The Hall–Kier alpha value is -3.01.